The molecule has 10 heteroatoms. The van der Waals surface area contributed by atoms with Gasteiger partial charge in [-0.05, 0) is 32.6 Å². The summed E-state index contributed by atoms with van der Waals surface area (Å²) in [5.74, 6) is -0.743. The maximum absolute atomic E-state index is 13.5. The van der Waals surface area contributed by atoms with Crippen LogP contribution in [0.4, 0.5) is 13.2 Å². The monoisotopic (exact) mass is 385 g/mol. The molecule has 0 aliphatic rings. The van der Waals surface area contributed by atoms with E-state index in [-0.39, 0.29) is 34.9 Å². The predicted molar refractivity (Wildman–Crippen MR) is 97.0 cm³/mol. The van der Waals surface area contributed by atoms with Crippen molar-refractivity contribution in [2.75, 3.05) is 34.3 Å². The lowest BCUT2D eigenvalue weighted by molar-refractivity contribution is -0.136. The fourth-order valence-electron chi connectivity index (χ4n) is 2.46. The second-order valence-corrected chi connectivity index (χ2v) is 6.18. The molecule has 1 heterocycles. The Morgan fingerprint density at radius 3 is 2.63 bits per heavy atom. The molecular formula is C17H22F3N5O2. The smallest absolute Gasteiger partial charge is 0.417 e. The van der Waals surface area contributed by atoms with E-state index in [1.54, 1.807) is 0 Å². The van der Waals surface area contributed by atoms with Gasteiger partial charge in [0.05, 0.1) is 17.7 Å². The van der Waals surface area contributed by atoms with Gasteiger partial charge in [-0.15, -0.1) is 0 Å². The quantitative estimate of drug-likeness (QED) is 0.404. The SMILES string of the molecule is CN=C(N)NC(=O)c1cc2c(C(F)(F)F)cc(OCCCN(C)C)cc2[nH]1. The third-order valence-electron chi connectivity index (χ3n) is 3.76. The summed E-state index contributed by atoms with van der Waals surface area (Å²) in [6.45, 7) is 1.03. The number of nitrogens with one attached hydrogen (secondary N) is 2. The Morgan fingerprint density at radius 2 is 2.04 bits per heavy atom. The number of fused-ring (bicyclic) bond motifs is 1. The minimum Gasteiger partial charge on any atom is -0.493 e. The minimum absolute atomic E-state index is 0.0631. The van der Waals surface area contributed by atoms with Crippen molar-refractivity contribution in [1.29, 1.82) is 0 Å². The number of amides is 1. The lowest BCUT2D eigenvalue weighted by Crippen LogP contribution is -2.36. The van der Waals surface area contributed by atoms with E-state index in [4.69, 9.17) is 10.5 Å². The molecule has 148 valence electrons. The van der Waals surface area contributed by atoms with Gasteiger partial charge in [-0.2, -0.15) is 13.2 Å². The second kappa shape index (κ2) is 8.30. The molecule has 1 aromatic heterocycles. The number of rotatable bonds is 6. The number of aromatic amines is 1. The number of carbonyl (C=O) groups is 1. The van der Waals surface area contributed by atoms with Crippen molar-refractivity contribution < 1.29 is 22.7 Å². The Labute approximate surface area is 154 Å². The van der Waals surface area contributed by atoms with Crippen LogP contribution in [0.3, 0.4) is 0 Å². The fraction of sp³-hybridized carbons (Fsp3) is 0.412. The van der Waals surface area contributed by atoms with E-state index in [2.05, 4.69) is 15.3 Å². The Bertz CT molecular complexity index is 843. The van der Waals surface area contributed by atoms with Crippen LogP contribution < -0.4 is 15.8 Å². The summed E-state index contributed by atoms with van der Waals surface area (Å²) >= 11 is 0. The zero-order valence-corrected chi connectivity index (χ0v) is 15.3. The molecule has 0 aliphatic carbocycles. The second-order valence-electron chi connectivity index (χ2n) is 6.18. The summed E-state index contributed by atoms with van der Waals surface area (Å²) in [7, 11) is 5.17. The molecule has 4 N–H and O–H groups in total. The Kier molecular flexibility index (Phi) is 6.32. The molecule has 0 atom stereocenters. The molecule has 0 bridgehead atoms. The van der Waals surface area contributed by atoms with E-state index in [9.17, 15) is 18.0 Å². The van der Waals surface area contributed by atoms with Crippen LogP contribution in [0, 0.1) is 0 Å². The Balaban J connectivity index is 2.34. The molecule has 1 aromatic carbocycles. The van der Waals surface area contributed by atoms with Gasteiger partial charge in [0.1, 0.15) is 11.4 Å². The maximum Gasteiger partial charge on any atom is 0.417 e. The number of aromatic nitrogens is 1. The first-order valence-corrected chi connectivity index (χ1v) is 8.17. The lowest BCUT2D eigenvalue weighted by atomic mass is 10.1. The number of halogens is 3. The van der Waals surface area contributed by atoms with Crippen molar-refractivity contribution in [3.8, 4) is 5.75 Å². The van der Waals surface area contributed by atoms with Crippen molar-refractivity contribution in [2.24, 2.45) is 10.7 Å². The zero-order valence-electron chi connectivity index (χ0n) is 15.3. The molecule has 0 fully saturated rings. The minimum atomic E-state index is -4.60. The van der Waals surface area contributed by atoms with Crippen LogP contribution in [0.1, 0.15) is 22.5 Å². The number of H-pyrrole nitrogens is 1. The number of nitrogens with two attached hydrogens (primary N) is 1. The number of hydrogen-bond donors (Lipinski definition) is 3. The van der Waals surface area contributed by atoms with Crippen molar-refractivity contribution in [3.05, 3.63) is 29.5 Å². The molecule has 2 rings (SSSR count). The van der Waals surface area contributed by atoms with E-state index in [0.717, 1.165) is 18.7 Å². The van der Waals surface area contributed by atoms with Gasteiger partial charge in [0, 0.05) is 25.0 Å². The topological polar surface area (TPSA) is 95.7 Å². The van der Waals surface area contributed by atoms with E-state index < -0.39 is 17.6 Å². The summed E-state index contributed by atoms with van der Waals surface area (Å²) in [4.78, 5) is 20.3. The van der Waals surface area contributed by atoms with E-state index in [1.165, 1.54) is 13.1 Å². The zero-order chi connectivity index (χ0) is 20.2. The molecule has 27 heavy (non-hydrogen) atoms. The number of alkyl halides is 3. The van der Waals surface area contributed by atoms with Gasteiger partial charge >= 0.3 is 6.18 Å². The van der Waals surface area contributed by atoms with Crippen LogP contribution in [0.2, 0.25) is 0 Å². The van der Waals surface area contributed by atoms with Crippen molar-refractivity contribution in [2.45, 2.75) is 12.6 Å². The first kappa shape index (κ1) is 20.6. The van der Waals surface area contributed by atoms with E-state index in [1.807, 2.05) is 19.0 Å². The first-order chi connectivity index (χ1) is 12.6. The van der Waals surface area contributed by atoms with Gasteiger partial charge < -0.3 is 20.4 Å². The standard InChI is InChI=1S/C17H22F3N5O2/c1-22-16(21)24-15(26)14-9-11-12(17(18,19)20)7-10(8-13(11)23-14)27-6-4-5-25(2)3/h7-9,23H,4-6H2,1-3H3,(H3,21,22,24,26). The van der Waals surface area contributed by atoms with Gasteiger partial charge in [0.15, 0.2) is 5.96 Å². The summed E-state index contributed by atoms with van der Waals surface area (Å²) in [5, 5.41) is 2.15. The molecule has 2 aromatic rings. The lowest BCUT2D eigenvalue weighted by Gasteiger charge is -2.13. The molecule has 1 amide bonds. The number of carbonyl (C=O) groups excluding carboxylic acids is 1. The highest BCUT2D eigenvalue weighted by Crippen LogP contribution is 2.38. The number of nitrogens with zero attached hydrogens (tertiary/aromatic N) is 2. The molecule has 0 radical (unpaired) electrons. The normalized spacial score (nSPS) is 12.6. The number of hydrogen-bond acceptors (Lipinski definition) is 4. The van der Waals surface area contributed by atoms with E-state index in [0.29, 0.717) is 6.42 Å². The average molecular weight is 385 g/mol. The summed E-state index contributed by atoms with van der Waals surface area (Å²) in [6, 6.07) is 3.51. The molecule has 0 aliphatic heterocycles. The van der Waals surface area contributed by atoms with Crippen LogP contribution in [0.15, 0.2) is 23.2 Å². The largest absolute Gasteiger partial charge is 0.493 e. The fourth-order valence-corrected chi connectivity index (χ4v) is 2.46. The van der Waals surface area contributed by atoms with Gasteiger partial charge in [-0.3, -0.25) is 15.1 Å². The van der Waals surface area contributed by atoms with Gasteiger partial charge in [-0.25, -0.2) is 0 Å². The van der Waals surface area contributed by atoms with Crippen LogP contribution in [-0.2, 0) is 6.18 Å². The van der Waals surface area contributed by atoms with Gasteiger partial charge in [-0.1, -0.05) is 0 Å². The van der Waals surface area contributed by atoms with Crippen molar-refractivity contribution in [1.82, 2.24) is 15.2 Å². The number of aliphatic imine (C=N–C) groups is 1. The Hall–Kier alpha value is -2.75. The third-order valence-corrected chi connectivity index (χ3v) is 3.76. The molecule has 0 saturated carbocycles. The highest BCUT2D eigenvalue weighted by atomic mass is 19.4. The van der Waals surface area contributed by atoms with Gasteiger partial charge in [0.2, 0.25) is 0 Å². The molecule has 0 saturated heterocycles. The maximum atomic E-state index is 13.5. The summed E-state index contributed by atoms with van der Waals surface area (Å²) < 4.78 is 45.8. The van der Waals surface area contributed by atoms with Gasteiger partial charge in [0.25, 0.3) is 5.91 Å². The number of guanidine groups is 1. The van der Waals surface area contributed by atoms with E-state index >= 15 is 0 Å². The van der Waals surface area contributed by atoms with Crippen LogP contribution >= 0.6 is 0 Å². The van der Waals surface area contributed by atoms with Crippen LogP contribution in [0.5, 0.6) is 5.75 Å². The van der Waals surface area contributed by atoms with Crippen LogP contribution in [-0.4, -0.2) is 56.0 Å². The summed E-state index contributed by atoms with van der Waals surface area (Å²) in [6.07, 6.45) is -3.93. The Morgan fingerprint density at radius 1 is 1.33 bits per heavy atom. The summed E-state index contributed by atoms with van der Waals surface area (Å²) in [5.41, 5.74) is 4.62. The highest BCUT2D eigenvalue weighted by Gasteiger charge is 2.34. The van der Waals surface area contributed by atoms with Crippen LogP contribution in [0.25, 0.3) is 10.9 Å². The average Bonchev–Trinajstić information content (AvgIpc) is 3.00. The van der Waals surface area contributed by atoms with Crippen molar-refractivity contribution >= 4 is 22.8 Å². The van der Waals surface area contributed by atoms with Crippen molar-refractivity contribution in [3.63, 3.8) is 0 Å². The molecule has 0 unspecified atom stereocenters. The number of benzene rings is 1. The molecule has 7 nitrogen and oxygen atoms in total. The molecule has 0 spiro atoms. The highest BCUT2D eigenvalue weighted by molar-refractivity contribution is 6.06. The first-order valence-electron chi connectivity index (χ1n) is 8.17. The molecular weight excluding hydrogens is 363 g/mol. The predicted octanol–water partition coefficient (Wildman–Crippen LogP) is 2.19. The third kappa shape index (κ3) is 5.36. The number of ether oxygens (including phenoxy) is 1.